The third-order valence-corrected chi connectivity index (χ3v) is 1.96. The summed E-state index contributed by atoms with van der Waals surface area (Å²) in [5.74, 6) is -0.954. The van der Waals surface area contributed by atoms with Crippen LogP contribution in [0.15, 0.2) is 24.3 Å². The topological polar surface area (TPSA) is 70.2 Å². The normalized spacial score (nSPS) is 9.76. The van der Waals surface area contributed by atoms with Gasteiger partial charge in [-0.05, 0) is 18.2 Å². The molecule has 0 radical (unpaired) electrons. The smallest absolute Gasteiger partial charge is 0.238 e. The Kier molecular flexibility index (Phi) is 5.09. The van der Waals surface area contributed by atoms with Crippen molar-refractivity contribution in [1.82, 2.24) is 10.6 Å². The van der Waals surface area contributed by atoms with Crippen molar-refractivity contribution in [2.45, 2.75) is 0 Å². The first kappa shape index (κ1) is 13.1. The van der Waals surface area contributed by atoms with E-state index in [1.807, 2.05) is 0 Å². The number of anilines is 1. The van der Waals surface area contributed by atoms with Crippen LogP contribution in [0.4, 0.5) is 10.1 Å². The van der Waals surface area contributed by atoms with Gasteiger partial charge in [0.15, 0.2) is 0 Å². The summed E-state index contributed by atoms with van der Waals surface area (Å²) < 4.78 is 12.8. The molecule has 2 amide bonds. The number of carbonyl (C=O) groups is 2. The van der Waals surface area contributed by atoms with E-state index in [4.69, 9.17) is 0 Å². The minimum Gasteiger partial charge on any atom is -0.358 e. The predicted octanol–water partition coefficient (Wildman–Crippen LogP) is 0.0998. The van der Waals surface area contributed by atoms with E-state index in [0.29, 0.717) is 5.69 Å². The van der Waals surface area contributed by atoms with Crippen LogP contribution < -0.4 is 16.0 Å². The van der Waals surface area contributed by atoms with Crippen LogP contribution in [-0.4, -0.2) is 32.0 Å². The van der Waals surface area contributed by atoms with Crippen LogP contribution in [0.25, 0.3) is 0 Å². The summed E-state index contributed by atoms with van der Waals surface area (Å²) in [5, 5.41) is 7.57. The van der Waals surface area contributed by atoms with Crippen LogP contribution in [0.2, 0.25) is 0 Å². The maximum atomic E-state index is 12.8. The van der Waals surface area contributed by atoms with Crippen molar-refractivity contribution < 1.29 is 14.0 Å². The van der Waals surface area contributed by atoms with Crippen molar-refractivity contribution in [2.24, 2.45) is 0 Å². The van der Waals surface area contributed by atoms with Gasteiger partial charge >= 0.3 is 0 Å². The first-order chi connectivity index (χ1) is 8.11. The molecule has 1 rings (SSSR count). The molecule has 0 atom stereocenters. The number of hydrogen-bond donors (Lipinski definition) is 3. The van der Waals surface area contributed by atoms with Gasteiger partial charge in [-0.1, -0.05) is 6.07 Å². The lowest BCUT2D eigenvalue weighted by Crippen LogP contribution is -2.36. The fraction of sp³-hybridized carbons (Fsp3) is 0.273. The number of benzene rings is 1. The summed E-state index contributed by atoms with van der Waals surface area (Å²) >= 11 is 0. The summed E-state index contributed by atoms with van der Waals surface area (Å²) in [7, 11) is 1.51. The Labute approximate surface area is 98.4 Å². The molecule has 0 aliphatic heterocycles. The highest BCUT2D eigenvalue weighted by Crippen LogP contribution is 2.08. The maximum Gasteiger partial charge on any atom is 0.238 e. The zero-order valence-electron chi connectivity index (χ0n) is 9.42. The van der Waals surface area contributed by atoms with Gasteiger partial charge in [-0.2, -0.15) is 0 Å². The van der Waals surface area contributed by atoms with Gasteiger partial charge in [0.05, 0.1) is 13.1 Å². The molecule has 92 valence electrons. The van der Waals surface area contributed by atoms with E-state index >= 15 is 0 Å². The third-order valence-electron chi connectivity index (χ3n) is 1.96. The van der Waals surface area contributed by atoms with Crippen molar-refractivity contribution in [3.8, 4) is 0 Å². The molecule has 0 aliphatic rings. The highest BCUT2D eigenvalue weighted by Gasteiger charge is 2.03. The lowest BCUT2D eigenvalue weighted by Gasteiger charge is -2.06. The van der Waals surface area contributed by atoms with Gasteiger partial charge in [-0.15, -0.1) is 0 Å². The number of likely N-dealkylation sites (N-methyl/N-ethyl adjacent to an activating group) is 1. The first-order valence-corrected chi connectivity index (χ1v) is 5.08. The van der Waals surface area contributed by atoms with Crippen molar-refractivity contribution in [2.75, 3.05) is 25.5 Å². The minimum absolute atomic E-state index is 0.00999. The van der Waals surface area contributed by atoms with E-state index in [9.17, 15) is 14.0 Å². The number of carbonyl (C=O) groups excluding carboxylic acids is 2. The molecule has 0 heterocycles. The van der Waals surface area contributed by atoms with Crippen molar-refractivity contribution in [1.29, 1.82) is 0 Å². The molecule has 0 saturated carbocycles. The average Bonchev–Trinajstić information content (AvgIpc) is 2.28. The molecule has 0 saturated heterocycles. The lowest BCUT2D eigenvalue weighted by atomic mass is 10.3. The lowest BCUT2D eigenvalue weighted by molar-refractivity contribution is -0.119. The quantitative estimate of drug-likeness (QED) is 0.682. The van der Waals surface area contributed by atoms with E-state index in [0.717, 1.165) is 0 Å². The largest absolute Gasteiger partial charge is 0.358 e. The Morgan fingerprint density at radius 3 is 2.59 bits per heavy atom. The van der Waals surface area contributed by atoms with Crippen LogP contribution in [0.5, 0.6) is 0 Å². The van der Waals surface area contributed by atoms with Gasteiger partial charge in [0, 0.05) is 12.7 Å². The molecule has 0 aromatic heterocycles. The van der Waals surface area contributed by atoms with E-state index < -0.39 is 5.82 Å². The zero-order chi connectivity index (χ0) is 12.7. The SMILES string of the molecule is CNC(=O)CNCC(=O)Nc1cccc(F)c1. The standard InChI is InChI=1S/C11H14FN3O2/c1-13-10(16)6-14-7-11(17)15-9-4-2-3-8(12)5-9/h2-5,14H,6-7H2,1H3,(H,13,16)(H,15,17). The second-order valence-corrected chi connectivity index (χ2v) is 3.34. The second kappa shape index (κ2) is 6.59. The molecule has 1 aromatic carbocycles. The van der Waals surface area contributed by atoms with E-state index in [-0.39, 0.29) is 24.9 Å². The van der Waals surface area contributed by atoms with Gasteiger partial charge < -0.3 is 10.6 Å². The van der Waals surface area contributed by atoms with Gasteiger partial charge in [-0.25, -0.2) is 4.39 Å². The van der Waals surface area contributed by atoms with Crippen LogP contribution in [0, 0.1) is 5.82 Å². The summed E-state index contributed by atoms with van der Waals surface area (Å²) in [6.45, 7) is 0.0526. The van der Waals surface area contributed by atoms with Gasteiger partial charge in [0.25, 0.3) is 0 Å². The maximum absolute atomic E-state index is 12.8. The van der Waals surface area contributed by atoms with Crippen LogP contribution in [-0.2, 0) is 9.59 Å². The molecule has 5 nitrogen and oxygen atoms in total. The van der Waals surface area contributed by atoms with Crippen LogP contribution >= 0.6 is 0 Å². The summed E-state index contributed by atoms with van der Waals surface area (Å²) in [5.41, 5.74) is 0.386. The Hall–Kier alpha value is -1.95. The van der Waals surface area contributed by atoms with E-state index in [2.05, 4.69) is 16.0 Å². The molecule has 1 aromatic rings. The minimum atomic E-state index is -0.416. The molecule has 0 aliphatic carbocycles. The van der Waals surface area contributed by atoms with Gasteiger partial charge in [0.1, 0.15) is 5.82 Å². The molecular formula is C11H14FN3O2. The molecule has 3 N–H and O–H groups in total. The number of nitrogens with one attached hydrogen (secondary N) is 3. The van der Waals surface area contributed by atoms with Gasteiger partial charge in [-0.3, -0.25) is 14.9 Å². The number of amides is 2. The average molecular weight is 239 g/mol. The molecule has 0 unspecified atom stereocenters. The summed E-state index contributed by atoms with van der Waals surface area (Å²) in [6.07, 6.45) is 0. The fourth-order valence-corrected chi connectivity index (χ4v) is 1.15. The van der Waals surface area contributed by atoms with Gasteiger partial charge in [0.2, 0.25) is 11.8 Å². The molecule has 17 heavy (non-hydrogen) atoms. The van der Waals surface area contributed by atoms with Crippen molar-refractivity contribution >= 4 is 17.5 Å². The molecule has 0 fully saturated rings. The predicted molar refractivity (Wildman–Crippen MR) is 62.0 cm³/mol. The number of halogens is 1. The number of rotatable bonds is 5. The highest BCUT2D eigenvalue weighted by molar-refractivity contribution is 5.92. The van der Waals surface area contributed by atoms with E-state index in [1.54, 1.807) is 6.07 Å². The van der Waals surface area contributed by atoms with E-state index in [1.165, 1.54) is 25.2 Å². The van der Waals surface area contributed by atoms with Crippen LogP contribution in [0.1, 0.15) is 0 Å². The fourth-order valence-electron chi connectivity index (χ4n) is 1.15. The summed E-state index contributed by atoms with van der Waals surface area (Å²) in [6, 6.07) is 5.60. The zero-order valence-corrected chi connectivity index (χ0v) is 9.42. The van der Waals surface area contributed by atoms with Crippen molar-refractivity contribution in [3.05, 3.63) is 30.1 Å². The Balaban J connectivity index is 2.32. The highest BCUT2D eigenvalue weighted by atomic mass is 19.1. The first-order valence-electron chi connectivity index (χ1n) is 5.08. The second-order valence-electron chi connectivity index (χ2n) is 3.34. The Morgan fingerprint density at radius 1 is 1.24 bits per heavy atom. The summed E-state index contributed by atoms with van der Waals surface area (Å²) in [4.78, 5) is 22.2. The molecular weight excluding hydrogens is 225 g/mol. The molecule has 0 bridgehead atoms. The number of hydrogen-bond acceptors (Lipinski definition) is 3. The Bertz CT molecular complexity index is 409. The molecule has 0 spiro atoms. The Morgan fingerprint density at radius 2 is 1.94 bits per heavy atom. The van der Waals surface area contributed by atoms with Crippen LogP contribution in [0.3, 0.4) is 0 Å². The monoisotopic (exact) mass is 239 g/mol. The van der Waals surface area contributed by atoms with Crippen molar-refractivity contribution in [3.63, 3.8) is 0 Å². The third kappa shape index (κ3) is 5.07. The molecule has 6 heteroatoms.